The van der Waals surface area contributed by atoms with Crippen LogP contribution in [0, 0.1) is 23.6 Å². The van der Waals surface area contributed by atoms with E-state index in [9.17, 15) is 22.2 Å². The molecule has 3 rings (SSSR count). The van der Waals surface area contributed by atoms with Gasteiger partial charge in [-0.1, -0.05) is 11.6 Å². The van der Waals surface area contributed by atoms with Crippen LogP contribution in [-0.4, -0.2) is 27.2 Å². The number of halogens is 4. The van der Waals surface area contributed by atoms with Crippen molar-refractivity contribution in [2.45, 2.75) is 18.8 Å². The van der Waals surface area contributed by atoms with E-state index < -0.39 is 46.3 Å². The van der Waals surface area contributed by atoms with E-state index in [0.29, 0.717) is 12.8 Å². The van der Waals surface area contributed by atoms with Crippen LogP contribution < -0.4 is 9.46 Å². The number of fused-ring (bicyclic) bond motifs is 1. The van der Waals surface area contributed by atoms with E-state index in [4.69, 9.17) is 20.9 Å². The van der Waals surface area contributed by atoms with Gasteiger partial charge in [0.15, 0.2) is 0 Å². The Labute approximate surface area is 142 Å². The lowest BCUT2D eigenvalue weighted by atomic mass is 10.0. The van der Waals surface area contributed by atoms with Crippen molar-refractivity contribution in [2.24, 2.45) is 17.8 Å². The van der Waals surface area contributed by atoms with Crippen molar-refractivity contribution >= 4 is 28.8 Å². The minimum absolute atomic E-state index is 0.0110. The van der Waals surface area contributed by atoms with Crippen LogP contribution in [0.2, 0.25) is 5.02 Å². The number of carbonyl (C=O) groups excluding carboxylic acids is 1. The number of nitrogens with one attached hydrogen (secondary N) is 1. The van der Waals surface area contributed by atoms with Crippen molar-refractivity contribution in [3.63, 3.8) is 0 Å². The number of alkyl halides is 2. The molecule has 5 nitrogen and oxygen atoms in total. The van der Waals surface area contributed by atoms with E-state index in [2.05, 4.69) is 0 Å². The average Bonchev–Trinajstić information content (AvgIpc) is 2.86. The highest BCUT2D eigenvalue weighted by molar-refractivity contribution is 7.77. The van der Waals surface area contributed by atoms with Gasteiger partial charge in [-0.25, -0.2) is 22.1 Å². The van der Waals surface area contributed by atoms with Gasteiger partial charge in [-0.15, -0.1) is 0 Å². The summed E-state index contributed by atoms with van der Waals surface area (Å²) < 4.78 is 66.3. The first-order valence-electron chi connectivity index (χ1n) is 7.11. The van der Waals surface area contributed by atoms with E-state index in [1.54, 1.807) is 4.72 Å². The van der Waals surface area contributed by atoms with Crippen LogP contribution in [-0.2, 0) is 11.3 Å². The number of benzene rings is 1. The molecule has 1 aromatic carbocycles. The molecule has 10 heteroatoms. The lowest BCUT2D eigenvalue weighted by molar-refractivity contribution is 0.0580. The maximum Gasteiger partial charge on any atom is 0.267 e. The predicted octanol–water partition coefficient (Wildman–Crippen LogP) is 3.02. The Morgan fingerprint density at radius 2 is 2.04 bits per heavy atom. The summed E-state index contributed by atoms with van der Waals surface area (Å²) in [5.74, 6) is -5.84. The second-order valence-corrected chi connectivity index (χ2v) is 7.09. The van der Waals surface area contributed by atoms with Crippen LogP contribution in [0.5, 0.6) is 5.75 Å². The SMILES string of the molecule is O=C(NS(=O)O)c1cc(Cl)c(OCC2C[C@@H]3[C@H](C2)C3(F)F)cc1F. The Morgan fingerprint density at radius 3 is 2.62 bits per heavy atom. The van der Waals surface area contributed by atoms with Crippen LogP contribution in [0.3, 0.4) is 0 Å². The van der Waals surface area contributed by atoms with Crippen LogP contribution in [0.4, 0.5) is 13.2 Å². The van der Waals surface area contributed by atoms with Gasteiger partial charge in [0.1, 0.15) is 11.6 Å². The molecular formula is C14H13ClF3NO4S. The average molecular weight is 384 g/mol. The first-order chi connectivity index (χ1) is 11.2. The molecule has 0 aliphatic heterocycles. The van der Waals surface area contributed by atoms with E-state index in [-0.39, 0.29) is 23.3 Å². The summed E-state index contributed by atoms with van der Waals surface area (Å²) in [5, 5.41) is -0.0567. The molecule has 0 heterocycles. The standard InChI is InChI=1S/C14H13ClF3NO4S/c15-10-3-7(13(20)19-24(21)22)11(16)4-12(10)23-5-6-1-8-9(2-6)14(8,17)18/h3-4,6,8-9H,1-2,5H2,(H,19,20)(H,21,22)/t6?,8-,9+. The number of hydrogen-bond acceptors (Lipinski definition) is 3. The Kier molecular flexibility index (Phi) is 4.52. The molecule has 0 radical (unpaired) electrons. The Balaban J connectivity index is 1.62. The molecule has 0 bridgehead atoms. The Hall–Kier alpha value is -1.32. The third kappa shape index (κ3) is 3.25. The van der Waals surface area contributed by atoms with Crippen molar-refractivity contribution in [3.8, 4) is 5.75 Å². The molecule has 2 aliphatic rings. The van der Waals surface area contributed by atoms with Gasteiger partial charge in [-0.2, -0.15) is 0 Å². The molecule has 2 fully saturated rings. The number of amides is 1. The minimum atomic E-state index is -2.63. The van der Waals surface area contributed by atoms with Crippen LogP contribution in [0.1, 0.15) is 23.2 Å². The third-order valence-electron chi connectivity index (χ3n) is 4.46. The third-order valence-corrected chi connectivity index (χ3v) is 5.12. The summed E-state index contributed by atoms with van der Waals surface area (Å²) in [7, 11) is 0. The number of hydrogen-bond donors (Lipinski definition) is 2. The lowest BCUT2D eigenvalue weighted by Crippen LogP contribution is -2.26. The van der Waals surface area contributed by atoms with Gasteiger partial charge in [-0.05, 0) is 24.8 Å². The van der Waals surface area contributed by atoms with Gasteiger partial charge in [-0.3, -0.25) is 9.35 Å². The summed E-state index contributed by atoms with van der Waals surface area (Å²) in [5.41, 5.74) is -0.503. The molecule has 2 unspecified atom stereocenters. The molecule has 2 saturated carbocycles. The monoisotopic (exact) mass is 383 g/mol. The highest BCUT2D eigenvalue weighted by Gasteiger charge is 2.71. The Bertz CT molecular complexity index is 704. The van der Waals surface area contributed by atoms with Crippen LogP contribution in [0.25, 0.3) is 0 Å². The van der Waals surface area contributed by atoms with Crippen molar-refractivity contribution in [1.29, 1.82) is 0 Å². The zero-order chi connectivity index (χ0) is 17.6. The molecule has 24 heavy (non-hydrogen) atoms. The fourth-order valence-electron chi connectivity index (χ4n) is 3.21. The summed E-state index contributed by atoms with van der Waals surface area (Å²) in [6.07, 6.45) is 0.723. The van der Waals surface area contributed by atoms with E-state index in [1.165, 1.54) is 0 Å². The molecule has 0 aromatic heterocycles. The highest BCUT2D eigenvalue weighted by atomic mass is 35.5. The molecule has 0 spiro atoms. The van der Waals surface area contributed by atoms with Crippen molar-refractivity contribution < 1.29 is 31.5 Å². The van der Waals surface area contributed by atoms with Crippen LogP contribution >= 0.6 is 11.6 Å². The van der Waals surface area contributed by atoms with Crippen molar-refractivity contribution in [3.05, 3.63) is 28.5 Å². The normalized spacial score (nSPS) is 28.1. The van der Waals surface area contributed by atoms with Crippen LogP contribution in [0.15, 0.2) is 12.1 Å². The summed E-state index contributed by atoms with van der Waals surface area (Å²) in [4.78, 5) is 11.5. The topological polar surface area (TPSA) is 75.6 Å². The highest BCUT2D eigenvalue weighted by Crippen LogP contribution is 2.65. The fourth-order valence-corrected chi connectivity index (χ4v) is 3.70. The largest absolute Gasteiger partial charge is 0.492 e. The molecule has 0 saturated heterocycles. The summed E-state index contributed by atoms with van der Waals surface area (Å²) in [6.45, 7) is 0.133. The second-order valence-electron chi connectivity index (χ2n) is 5.98. The quantitative estimate of drug-likeness (QED) is 0.766. The predicted molar refractivity (Wildman–Crippen MR) is 79.8 cm³/mol. The molecule has 2 aliphatic carbocycles. The first-order valence-corrected chi connectivity index (χ1v) is 8.60. The maximum atomic E-state index is 13.9. The van der Waals surface area contributed by atoms with Gasteiger partial charge in [0.2, 0.25) is 0 Å². The van der Waals surface area contributed by atoms with E-state index in [0.717, 1.165) is 12.1 Å². The van der Waals surface area contributed by atoms with Gasteiger partial charge >= 0.3 is 0 Å². The fraction of sp³-hybridized carbons (Fsp3) is 0.500. The number of rotatable bonds is 5. The van der Waals surface area contributed by atoms with Gasteiger partial charge < -0.3 is 4.74 Å². The molecule has 1 amide bonds. The summed E-state index contributed by atoms with van der Waals surface area (Å²) in [6, 6.07) is 1.87. The molecule has 2 N–H and O–H groups in total. The smallest absolute Gasteiger partial charge is 0.267 e. The van der Waals surface area contributed by atoms with Gasteiger partial charge in [0.25, 0.3) is 23.1 Å². The van der Waals surface area contributed by atoms with Crippen molar-refractivity contribution in [2.75, 3.05) is 6.61 Å². The molecular weight excluding hydrogens is 371 g/mol. The van der Waals surface area contributed by atoms with Gasteiger partial charge in [0, 0.05) is 17.9 Å². The van der Waals surface area contributed by atoms with E-state index >= 15 is 0 Å². The van der Waals surface area contributed by atoms with E-state index in [1.807, 2.05) is 0 Å². The zero-order valence-corrected chi connectivity index (χ0v) is 13.7. The maximum absolute atomic E-state index is 13.9. The molecule has 1 aromatic rings. The molecule has 132 valence electrons. The Morgan fingerprint density at radius 1 is 1.42 bits per heavy atom. The minimum Gasteiger partial charge on any atom is -0.492 e. The van der Waals surface area contributed by atoms with Crippen molar-refractivity contribution in [1.82, 2.24) is 4.72 Å². The number of ether oxygens (including phenoxy) is 1. The first kappa shape index (κ1) is 17.5. The zero-order valence-electron chi connectivity index (χ0n) is 12.1. The molecule has 4 atom stereocenters. The summed E-state index contributed by atoms with van der Waals surface area (Å²) >= 11 is 3.29. The second kappa shape index (κ2) is 6.20. The number of carbonyl (C=O) groups is 1. The van der Waals surface area contributed by atoms with Gasteiger partial charge in [0.05, 0.1) is 17.2 Å². The lowest BCUT2D eigenvalue weighted by Gasteiger charge is -2.16.